The number of carbonyl (C=O) groups excluding carboxylic acids is 2. The van der Waals surface area contributed by atoms with Crippen LogP contribution in [-0.4, -0.2) is 22.5 Å². The number of amides is 1. The molecule has 0 saturated heterocycles. The van der Waals surface area contributed by atoms with E-state index < -0.39 is 5.54 Å². The highest BCUT2D eigenvalue weighted by Crippen LogP contribution is 2.40. The lowest BCUT2D eigenvalue weighted by Gasteiger charge is -2.27. The molecule has 1 aliphatic heterocycles. The minimum absolute atomic E-state index is 0.105. The van der Waals surface area contributed by atoms with Gasteiger partial charge in [0.25, 0.3) is 5.91 Å². The fraction of sp³-hybridized carbons (Fsp3) is 0.276. The zero-order chi connectivity index (χ0) is 23.5. The Kier molecular flexibility index (Phi) is 6.01. The van der Waals surface area contributed by atoms with Gasteiger partial charge in [0.1, 0.15) is 0 Å². The topological polar surface area (TPSA) is 75.8 Å². The number of rotatable bonds is 6. The number of ketones is 1. The molecule has 2 N–H and O–H groups in total. The van der Waals surface area contributed by atoms with Gasteiger partial charge in [-0.3, -0.25) is 14.5 Å². The molecule has 0 atom stereocenters. The predicted octanol–water partition coefficient (Wildman–Crippen LogP) is 5.05. The molecule has 0 unspecified atom stereocenters. The van der Waals surface area contributed by atoms with Crippen LogP contribution >= 0.6 is 0 Å². The van der Waals surface area contributed by atoms with E-state index in [2.05, 4.69) is 0 Å². The van der Waals surface area contributed by atoms with Gasteiger partial charge in [0.2, 0.25) is 0 Å². The Morgan fingerprint density at radius 3 is 2.12 bits per heavy atom. The lowest BCUT2D eigenvalue weighted by Crippen LogP contribution is -2.43. The van der Waals surface area contributed by atoms with Gasteiger partial charge in [-0.2, -0.15) is 0 Å². The van der Waals surface area contributed by atoms with Crippen molar-refractivity contribution >= 4 is 17.6 Å². The number of hydrogen-bond acceptors (Lipinski definition) is 4. The number of nitrogens with two attached hydrogens (primary N) is 1. The molecule has 1 heterocycles. The molecule has 1 amide bonds. The van der Waals surface area contributed by atoms with Gasteiger partial charge < -0.3 is 5.73 Å². The first-order valence-corrected chi connectivity index (χ1v) is 12.0. The van der Waals surface area contributed by atoms with Crippen LogP contribution < -0.4 is 5.73 Å². The van der Waals surface area contributed by atoms with Gasteiger partial charge in [-0.15, -0.1) is 0 Å². The van der Waals surface area contributed by atoms with E-state index in [-0.39, 0.29) is 30.1 Å². The van der Waals surface area contributed by atoms with Crippen molar-refractivity contribution in [3.8, 4) is 0 Å². The number of benzene rings is 3. The monoisotopic (exact) mass is 451 g/mol. The van der Waals surface area contributed by atoms with Crippen LogP contribution in [0.4, 0.5) is 0 Å². The lowest BCUT2D eigenvalue weighted by atomic mass is 9.82. The van der Waals surface area contributed by atoms with Crippen molar-refractivity contribution in [1.29, 1.82) is 0 Å². The zero-order valence-electron chi connectivity index (χ0n) is 19.2. The second kappa shape index (κ2) is 9.26. The van der Waals surface area contributed by atoms with Crippen LogP contribution in [0.1, 0.15) is 59.2 Å². The summed E-state index contributed by atoms with van der Waals surface area (Å²) in [7, 11) is 0. The molecule has 2 aliphatic rings. The Balaban J connectivity index is 1.46. The summed E-state index contributed by atoms with van der Waals surface area (Å²) in [4.78, 5) is 33.3. The van der Waals surface area contributed by atoms with E-state index in [1.54, 1.807) is 0 Å². The first-order valence-electron chi connectivity index (χ1n) is 12.0. The van der Waals surface area contributed by atoms with E-state index >= 15 is 0 Å². The van der Waals surface area contributed by atoms with Crippen molar-refractivity contribution in [3.05, 3.63) is 107 Å². The standard InChI is InChI=1S/C29H29N3O2/c30-28-31-29(24-15-6-2-7-16-24,25-17-8-3-9-18-25)27(34)32(28)20-21-11-10-14-23(19-21)26(33)22-12-4-1-5-13-22/h2-3,6-11,14-19,22H,1,4-5,12-13,20H2,(H2,30,31). The first kappa shape index (κ1) is 22.1. The molecule has 5 rings (SSSR count). The Labute approximate surface area is 200 Å². The van der Waals surface area contributed by atoms with E-state index in [0.717, 1.165) is 42.4 Å². The quantitative estimate of drug-likeness (QED) is 0.533. The number of Topliss-reactive ketones (excluding diaryl/α,β-unsaturated/α-hetero) is 1. The third kappa shape index (κ3) is 3.92. The number of nitrogens with zero attached hydrogens (tertiary/aromatic N) is 2. The maximum absolute atomic E-state index is 14.0. The molecular formula is C29H29N3O2. The molecule has 0 spiro atoms. The van der Waals surface area contributed by atoms with Crippen LogP contribution in [0.2, 0.25) is 0 Å². The fourth-order valence-electron chi connectivity index (χ4n) is 5.24. The molecular weight excluding hydrogens is 422 g/mol. The molecule has 1 aliphatic carbocycles. The van der Waals surface area contributed by atoms with Crippen LogP contribution in [-0.2, 0) is 16.9 Å². The number of aliphatic imine (C=N–C) groups is 1. The van der Waals surface area contributed by atoms with E-state index in [0.29, 0.717) is 5.56 Å². The summed E-state index contributed by atoms with van der Waals surface area (Å²) < 4.78 is 0. The second-order valence-electron chi connectivity index (χ2n) is 9.20. The largest absolute Gasteiger partial charge is 0.369 e. The lowest BCUT2D eigenvalue weighted by molar-refractivity contribution is -0.130. The van der Waals surface area contributed by atoms with Crippen molar-refractivity contribution in [2.24, 2.45) is 16.6 Å². The average molecular weight is 452 g/mol. The van der Waals surface area contributed by atoms with Gasteiger partial charge in [-0.05, 0) is 35.6 Å². The van der Waals surface area contributed by atoms with Crippen LogP contribution in [0.3, 0.4) is 0 Å². The molecule has 0 aromatic heterocycles. The van der Waals surface area contributed by atoms with Crippen LogP contribution in [0, 0.1) is 5.92 Å². The maximum Gasteiger partial charge on any atom is 0.266 e. The minimum atomic E-state index is -1.22. The molecule has 0 bridgehead atoms. The third-order valence-electron chi connectivity index (χ3n) is 7.02. The molecule has 3 aromatic rings. The fourth-order valence-corrected chi connectivity index (χ4v) is 5.24. The summed E-state index contributed by atoms with van der Waals surface area (Å²) in [5.41, 5.74) is 8.28. The van der Waals surface area contributed by atoms with Gasteiger partial charge in [0.05, 0.1) is 6.54 Å². The normalized spacial score (nSPS) is 18.1. The van der Waals surface area contributed by atoms with Gasteiger partial charge in [0.15, 0.2) is 17.3 Å². The first-order chi connectivity index (χ1) is 16.6. The smallest absolute Gasteiger partial charge is 0.266 e. The molecule has 172 valence electrons. The molecule has 3 aromatic carbocycles. The Bertz CT molecular complexity index is 1170. The summed E-state index contributed by atoms with van der Waals surface area (Å²) >= 11 is 0. The van der Waals surface area contributed by atoms with E-state index in [1.807, 2.05) is 84.9 Å². The Hall–Kier alpha value is -3.73. The summed E-state index contributed by atoms with van der Waals surface area (Å²) in [6.45, 7) is 0.265. The number of guanidine groups is 1. The van der Waals surface area contributed by atoms with Crippen molar-refractivity contribution in [2.45, 2.75) is 44.2 Å². The van der Waals surface area contributed by atoms with Gasteiger partial charge in [-0.25, -0.2) is 4.99 Å². The summed E-state index contributed by atoms with van der Waals surface area (Å²) in [6.07, 6.45) is 5.37. The highest BCUT2D eigenvalue weighted by molar-refractivity contribution is 6.09. The van der Waals surface area contributed by atoms with Crippen LogP contribution in [0.5, 0.6) is 0 Å². The Morgan fingerprint density at radius 2 is 1.50 bits per heavy atom. The second-order valence-corrected chi connectivity index (χ2v) is 9.20. The van der Waals surface area contributed by atoms with Crippen molar-refractivity contribution in [3.63, 3.8) is 0 Å². The van der Waals surface area contributed by atoms with Crippen molar-refractivity contribution < 1.29 is 9.59 Å². The Morgan fingerprint density at radius 1 is 0.882 bits per heavy atom. The molecule has 34 heavy (non-hydrogen) atoms. The minimum Gasteiger partial charge on any atom is -0.369 e. The van der Waals surface area contributed by atoms with E-state index in [9.17, 15) is 9.59 Å². The summed E-state index contributed by atoms with van der Waals surface area (Å²) in [6, 6.07) is 26.7. The highest BCUT2D eigenvalue weighted by Gasteiger charge is 2.50. The van der Waals surface area contributed by atoms with Gasteiger partial charge in [0, 0.05) is 11.5 Å². The average Bonchev–Trinajstić information content (AvgIpc) is 3.15. The maximum atomic E-state index is 14.0. The van der Waals surface area contributed by atoms with Crippen molar-refractivity contribution in [1.82, 2.24) is 4.90 Å². The SMILES string of the molecule is NC1=NC(c2ccccc2)(c2ccccc2)C(=O)N1Cc1cccc(C(=O)C2CCCCC2)c1. The molecule has 1 saturated carbocycles. The summed E-state index contributed by atoms with van der Waals surface area (Å²) in [5.74, 6) is 0.305. The van der Waals surface area contributed by atoms with Crippen LogP contribution in [0.25, 0.3) is 0 Å². The summed E-state index contributed by atoms with van der Waals surface area (Å²) in [5, 5.41) is 0. The van der Waals surface area contributed by atoms with E-state index in [1.165, 1.54) is 11.3 Å². The molecule has 5 heteroatoms. The highest BCUT2D eigenvalue weighted by atomic mass is 16.2. The molecule has 1 fully saturated rings. The third-order valence-corrected chi connectivity index (χ3v) is 7.02. The van der Waals surface area contributed by atoms with Crippen molar-refractivity contribution in [2.75, 3.05) is 0 Å². The molecule has 0 radical (unpaired) electrons. The van der Waals surface area contributed by atoms with Gasteiger partial charge in [-0.1, -0.05) is 98.1 Å². The van der Waals surface area contributed by atoms with E-state index in [4.69, 9.17) is 10.7 Å². The molecule has 5 nitrogen and oxygen atoms in total. The zero-order valence-corrected chi connectivity index (χ0v) is 19.2. The number of carbonyl (C=O) groups is 2. The predicted molar refractivity (Wildman–Crippen MR) is 133 cm³/mol. The number of hydrogen-bond donors (Lipinski definition) is 1. The van der Waals surface area contributed by atoms with Crippen LogP contribution in [0.15, 0.2) is 89.9 Å². The van der Waals surface area contributed by atoms with Gasteiger partial charge >= 0.3 is 0 Å².